The summed E-state index contributed by atoms with van der Waals surface area (Å²) in [6.45, 7) is 14.0. The van der Waals surface area contributed by atoms with Gasteiger partial charge in [0.1, 0.15) is 0 Å². The molecular formula is C21H34N2O. The highest BCUT2D eigenvalue weighted by Crippen LogP contribution is 2.22. The highest BCUT2D eigenvalue weighted by atomic mass is 16.1. The van der Waals surface area contributed by atoms with Crippen molar-refractivity contribution < 1.29 is 4.79 Å². The highest BCUT2D eigenvalue weighted by molar-refractivity contribution is 5.95. The van der Waals surface area contributed by atoms with E-state index in [1.165, 1.54) is 37.9 Å². The number of ketones is 1. The van der Waals surface area contributed by atoms with Crippen molar-refractivity contribution in [3.8, 4) is 0 Å². The van der Waals surface area contributed by atoms with Crippen LogP contribution in [0.1, 0.15) is 62.4 Å². The van der Waals surface area contributed by atoms with Gasteiger partial charge in [0.05, 0.1) is 0 Å². The normalized spacial score (nSPS) is 16.0. The van der Waals surface area contributed by atoms with Crippen LogP contribution in [-0.4, -0.2) is 43.4 Å². The first-order chi connectivity index (χ1) is 11.5. The molecule has 1 aliphatic heterocycles. The Hall–Kier alpha value is -1.35. The first-order valence-electron chi connectivity index (χ1n) is 9.64. The van der Waals surface area contributed by atoms with Gasteiger partial charge in [0.2, 0.25) is 0 Å². The molecule has 2 rings (SSSR count). The Balaban J connectivity index is 1.90. The van der Waals surface area contributed by atoms with E-state index in [0.717, 1.165) is 43.2 Å². The fraction of sp³-hybridized carbons (Fsp3) is 0.667. The molecule has 0 saturated carbocycles. The zero-order valence-electron chi connectivity index (χ0n) is 16.0. The van der Waals surface area contributed by atoms with Gasteiger partial charge in [-0.05, 0) is 56.4 Å². The Labute approximate surface area is 148 Å². The Bertz CT molecular complexity index is 527. The number of hydrogen-bond donors (Lipinski definition) is 0. The molecule has 0 aliphatic carbocycles. The van der Waals surface area contributed by atoms with Crippen molar-refractivity contribution in [2.75, 3.05) is 37.6 Å². The molecule has 134 valence electrons. The Morgan fingerprint density at radius 2 is 1.71 bits per heavy atom. The third kappa shape index (κ3) is 5.07. The second kappa shape index (κ2) is 9.22. The number of anilines is 1. The van der Waals surface area contributed by atoms with Crippen LogP contribution in [0.15, 0.2) is 18.2 Å². The van der Waals surface area contributed by atoms with Crippen LogP contribution in [0.3, 0.4) is 0 Å². The molecule has 1 saturated heterocycles. The highest BCUT2D eigenvalue weighted by Gasteiger charge is 2.20. The van der Waals surface area contributed by atoms with Gasteiger partial charge >= 0.3 is 0 Å². The van der Waals surface area contributed by atoms with Gasteiger partial charge in [0.25, 0.3) is 0 Å². The molecule has 0 bridgehead atoms. The summed E-state index contributed by atoms with van der Waals surface area (Å²) in [7, 11) is 0. The third-order valence-electron chi connectivity index (χ3n) is 5.24. The molecule has 3 nitrogen and oxygen atoms in total. The number of carbonyl (C=O) groups excluding carboxylic acids is 1. The van der Waals surface area contributed by atoms with Gasteiger partial charge < -0.3 is 4.90 Å². The monoisotopic (exact) mass is 330 g/mol. The van der Waals surface area contributed by atoms with Crippen molar-refractivity contribution >= 4 is 11.5 Å². The van der Waals surface area contributed by atoms with E-state index in [-0.39, 0.29) is 5.78 Å². The van der Waals surface area contributed by atoms with Gasteiger partial charge in [-0.25, -0.2) is 0 Å². The van der Waals surface area contributed by atoms with Crippen LogP contribution in [0.4, 0.5) is 5.69 Å². The van der Waals surface area contributed by atoms with E-state index in [1.54, 1.807) is 6.92 Å². The zero-order chi connectivity index (χ0) is 17.5. The molecule has 1 heterocycles. The lowest BCUT2D eigenvalue weighted by molar-refractivity contribution is 0.101. The van der Waals surface area contributed by atoms with Crippen molar-refractivity contribution in [1.82, 2.24) is 4.90 Å². The molecule has 0 spiro atoms. The zero-order valence-corrected chi connectivity index (χ0v) is 16.0. The molecule has 0 atom stereocenters. The van der Waals surface area contributed by atoms with E-state index < -0.39 is 0 Å². The topological polar surface area (TPSA) is 23.6 Å². The molecular weight excluding hydrogens is 296 g/mol. The van der Waals surface area contributed by atoms with E-state index in [4.69, 9.17) is 0 Å². The Morgan fingerprint density at radius 3 is 2.21 bits per heavy atom. The molecule has 3 heteroatoms. The van der Waals surface area contributed by atoms with Gasteiger partial charge in [-0.15, -0.1) is 0 Å². The minimum Gasteiger partial charge on any atom is -0.369 e. The fourth-order valence-corrected chi connectivity index (χ4v) is 3.94. The number of piperazine rings is 1. The summed E-state index contributed by atoms with van der Waals surface area (Å²) in [5.41, 5.74) is 3.20. The number of hydrogen-bond acceptors (Lipinski definition) is 3. The number of carbonyl (C=O) groups is 1. The van der Waals surface area contributed by atoms with E-state index in [9.17, 15) is 4.79 Å². The van der Waals surface area contributed by atoms with Crippen molar-refractivity contribution in [2.24, 2.45) is 5.92 Å². The molecule has 1 aromatic rings. The van der Waals surface area contributed by atoms with Crippen molar-refractivity contribution in [3.05, 3.63) is 29.3 Å². The number of rotatable bonds is 8. The molecule has 0 aromatic heterocycles. The van der Waals surface area contributed by atoms with Crippen LogP contribution in [-0.2, 0) is 0 Å². The summed E-state index contributed by atoms with van der Waals surface area (Å²) >= 11 is 0. The summed E-state index contributed by atoms with van der Waals surface area (Å²) in [5.74, 6) is 1.02. The van der Waals surface area contributed by atoms with Gasteiger partial charge in [0.15, 0.2) is 5.78 Å². The number of nitrogens with zero attached hydrogens (tertiary/aromatic N) is 2. The largest absolute Gasteiger partial charge is 0.369 e. The van der Waals surface area contributed by atoms with Gasteiger partial charge in [0, 0.05) is 44.0 Å². The second-order valence-corrected chi connectivity index (χ2v) is 7.29. The van der Waals surface area contributed by atoms with Gasteiger partial charge in [-0.2, -0.15) is 0 Å². The summed E-state index contributed by atoms with van der Waals surface area (Å²) in [6, 6.07) is 6.26. The minimum atomic E-state index is 0.154. The first kappa shape index (κ1) is 19.0. The maximum atomic E-state index is 11.6. The van der Waals surface area contributed by atoms with E-state index in [1.807, 2.05) is 13.0 Å². The van der Waals surface area contributed by atoms with Crippen LogP contribution in [0.2, 0.25) is 0 Å². The van der Waals surface area contributed by atoms with Crippen LogP contribution >= 0.6 is 0 Å². The smallest absolute Gasteiger partial charge is 0.160 e. The molecule has 24 heavy (non-hydrogen) atoms. The summed E-state index contributed by atoms with van der Waals surface area (Å²) in [5, 5.41) is 0. The molecule has 1 aromatic carbocycles. The average Bonchev–Trinajstić information content (AvgIpc) is 2.55. The quantitative estimate of drug-likeness (QED) is 0.654. The van der Waals surface area contributed by atoms with Crippen LogP contribution < -0.4 is 4.90 Å². The Kier molecular flexibility index (Phi) is 7.29. The fourth-order valence-electron chi connectivity index (χ4n) is 3.94. The summed E-state index contributed by atoms with van der Waals surface area (Å²) < 4.78 is 0. The molecule has 0 amide bonds. The van der Waals surface area contributed by atoms with Crippen molar-refractivity contribution in [2.45, 2.75) is 53.4 Å². The predicted octanol–water partition coefficient (Wildman–Crippen LogP) is 4.54. The van der Waals surface area contributed by atoms with Crippen LogP contribution in [0, 0.1) is 12.8 Å². The number of aryl methyl sites for hydroxylation is 1. The van der Waals surface area contributed by atoms with Crippen molar-refractivity contribution in [1.29, 1.82) is 0 Å². The lowest BCUT2D eigenvalue weighted by Gasteiger charge is -2.38. The maximum absolute atomic E-state index is 11.6. The lowest BCUT2D eigenvalue weighted by Crippen LogP contribution is -2.47. The van der Waals surface area contributed by atoms with Gasteiger partial charge in [-0.1, -0.05) is 26.7 Å². The molecule has 0 unspecified atom stereocenters. The van der Waals surface area contributed by atoms with E-state index in [0.29, 0.717) is 0 Å². The number of benzene rings is 1. The second-order valence-electron chi connectivity index (χ2n) is 7.29. The maximum Gasteiger partial charge on any atom is 0.160 e. The molecule has 0 radical (unpaired) electrons. The number of Topliss-reactive ketones (excluding diaryl/α,β-unsaturated/α-hetero) is 1. The minimum absolute atomic E-state index is 0.154. The predicted molar refractivity (Wildman–Crippen MR) is 103 cm³/mol. The SMILES string of the molecule is CCCC(CCC)CN1CCN(c2ccc(C(C)=O)c(C)c2)CC1. The first-order valence-corrected chi connectivity index (χ1v) is 9.64. The summed E-state index contributed by atoms with van der Waals surface area (Å²) in [4.78, 5) is 16.7. The third-order valence-corrected chi connectivity index (χ3v) is 5.24. The molecule has 1 aliphatic rings. The van der Waals surface area contributed by atoms with Crippen molar-refractivity contribution in [3.63, 3.8) is 0 Å². The van der Waals surface area contributed by atoms with E-state index in [2.05, 4.69) is 35.8 Å². The molecule has 0 N–H and O–H groups in total. The standard InChI is InChI=1S/C21H34N2O/c1-5-7-19(8-6-2)16-22-11-13-23(14-12-22)20-9-10-21(18(4)24)17(3)15-20/h9-10,15,19H,5-8,11-14,16H2,1-4H3. The Morgan fingerprint density at radius 1 is 1.08 bits per heavy atom. The summed E-state index contributed by atoms with van der Waals surface area (Å²) in [6.07, 6.45) is 5.32. The van der Waals surface area contributed by atoms with Gasteiger partial charge in [-0.3, -0.25) is 9.69 Å². The van der Waals surface area contributed by atoms with Crippen LogP contribution in [0.5, 0.6) is 0 Å². The van der Waals surface area contributed by atoms with Crippen LogP contribution in [0.25, 0.3) is 0 Å². The lowest BCUT2D eigenvalue weighted by atomic mass is 9.97. The molecule has 1 fully saturated rings. The van der Waals surface area contributed by atoms with E-state index >= 15 is 0 Å². The average molecular weight is 331 g/mol.